The molecule has 0 aromatic heterocycles. The van der Waals surface area contributed by atoms with Gasteiger partial charge >= 0.3 is 0 Å². The van der Waals surface area contributed by atoms with Crippen molar-refractivity contribution in [2.45, 2.75) is 70.5 Å². The molecule has 2 fully saturated rings. The second kappa shape index (κ2) is 5.31. The molecule has 1 N–H and O–H groups in total. The molecule has 1 aliphatic carbocycles. The average Bonchev–Trinajstić information content (AvgIpc) is 3.03. The lowest BCUT2D eigenvalue weighted by molar-refractivity contribution is 0.194. The first-order valence-electron chi connectivity index (χ1n) is 6.76. The molecule has 1 saturated carbocycles. The molecule has 0 bridgehead atoms. The van der Waals surface area contributed by atoms with Crippen LogP contribution < -0.4 is 5.32 Å². The van der Waals surface area contributed by atoms with E-state index < -0.39 is 0 Å². The third kappa shape index (κ3) is 3.46. The number of hydrogen-bond donors (Lipinski definition) is 1. The van der Waals surface area contributed by atoms with Crippen molar-refractivity contribution in [3.8, 4) is 0 Å². The molecule has 15 heavy (non-hydrogen) atoms. The predicted molar refractivity (Wildman–Crippen MR) is 65.1 cm³/mol. The highest BCUT2D eigenvalue weighted by atomic mass is 15.2. The van der Waals surface area contributed by atoms with Crippen LogP contribution in [0.5, 0.6) is 0 Å². The summed E-state index contributed by atoms with van der Waals surface area (Å²) in [6.07, 6.45) is 8.45. The van der Waals surface area contributed by atoms with E-state index in [1.165, 1.54) is 51.6 Å². The van der Waals surface area contributed by atoms with Gasteiger partial charge in [-0.05, 0) is 52.5 Å². The van der Waals surface area contributed by atoms with Gasteiger partial charge in [0.2, 0.25) is 0 Å². The topological polar surface area (TPSA) is 15.3 Å². The SMILES string of the molecule is CC(C)N(CCC1CCCCN1)C1CC1. The van der Waals surface area contributed by atoms with Crippen LogP contribution in [0.2, 0.25) is 0 Å². The van der Waals surface area contributed by atoms with Gasteiger partial charge in [0.15, 0.2) is 0 Å². The quantitative estimate of drug-likeness (QED) is 0.749. The van der Waals surface area contributed by atoms with Crippen LogP contribution in [-0.2, 0) is 0 Å². The molecule has 0 aromatic carbocycles. The van der Waals surface area contributed by atoms with Gasteiger partial charge in [-0.25, -0.2) is 0 Å². The monoisotopic (exact) mass is 210 g/mol. The van der Waals surface area contributed by atoms with Crippen molar-refractivity contribution in [3.05, 3.63) is 0 Å². The minimum absolute atomic E-state index is 0.737. The number of hydrogen-bond acceptors (Lipinski definition) is 2. The van der Waals surface area contributed by atoms with E-state index in [9.17, 15) is 0 Å². The first-order valence-corrected chi connectivity index (χ1v) is 6.76. The number of nitrogens with one attached hydrogen (secondary N) is 1. The Kier molecular flexibility index (Phi) is 4.04. The van der Waals surface area contributed by atoms with E-state index in [0.29, 0.717) is 0 Å². The second-order valence-electron chi connectivity index (χ2n) is 5.50. The fraction of sp³-hybridized carbons (Fsp3) is 1.00. The van der Waals surface area contributed by atoms with Crippen LogP contribution in [-0.4, -0.2) is 36.1 Å². The molecule has 88 valence electrons. The van der Waals surface area contributed by atoms with Gasteiger partial charge in [-0.1, -0.05) is 6.42 Å². The lowest BCUT2D eigenvalue weighted by Crippen LogP contribution is -2.40. The molecule has 2 rings (SSSR count). The summed E-state index contributed by atoms with van der Waals surface area (Å²) in [5, 5.41) is 3.65. The Bertz CT molecular complexity index is 179. The van der Waals surface area contributed by atoms with E-state index >= 15 is 0 Å². The molecule has 2 nitrogen and oxygen atoms in total. The van der Waals surface area contributed by atoms with Gasteiger partial charge in [-0.2, -0.15) is 0 Å². The molecule has 1 aliphatic heterocycles. The summed E-state index contributed by atoms with van der Waals surface area (Å²) in [6.45, 7) is 7.23. The van der Waals surface area contributed by atoms with Gasteiger partial charge in [0, 0.05) is 24.7 Å². The lowest BCUT2D eigenvalue weighted by Gasteiger charge is -2.30. The Morgan fingerprint density at radius 2 is 2.00 bits per heavy atom. The summed E-state index contributed by atoms with van der Waals surface area (Å²) in [4.78, 5) is 2.70. The summed E-state index contributed by atoms with van der Waals surface area (Å²) in [6, 6.07) is 2.47. The molecule has 0 amide bonds. The zero-order valence-corrected chi connectivity index (χ0v) is 10.3. The van der Waals surface area contributed by atoms with Crippen LogP contribution in [0.1, 0.15) is 52.4 Å². The molecule has 0 aromatic rings. The Morgan fingerprint density at radius 3 is 2.53 bits per heavy atom. The third-order valence-electron chi connectivity index (χ3n) is 3.83. The van der Waals surface area contributed by atoms with E-state index in [-0.39, 0.29) is 0 Å². The molecule has 1 atom stereocenters. The molecule has 1 saturated heterocycles. The molecular weight excluding hydrogens is 184 g/mol. The summed E-state index contributed by atoms with van der Waals surface area (Å²) in [5.41, 5.74) is 0. The summed E-state index contributed by atoms with van der Waals surface area (Å²) in [7, 11) is 0. The van der Waals surface area contributed by atoms with Crippen molar-refractivity contribution in [3.63, 3.8) is 0 Å². The molecule has 2 aliphatic rings. The smallest absolute Gasteiger partial charge is 0.00991 e. The molecule has 2 heteroatoms. The molecular formula is C13H26N2. The number of nitrogens with zero attached hydrogens (tertiary/aromatic N) is 1. The second-order valence-corrected chi connectivity index (χ2v) is 5.50. The standard InChI is InChI=1S/C13H26N2/c1-11(2)15(13-6-7-13)10-8-12-5-3-4-9-14-12/h11-14H,3-10H2,1-2H3. The molecule has 1 heterocycles. The van der Waals surface area contributed by atoms with E-state index in [4.69, 9.17) is 0 Å². The fourth-order valence-electron chi connectivity index (χ4n) is 2.74. The van der Waals surface area contributed by atoms with Crippen molar-refractivity contribution in [1.82, 2.24) is 10.2 Å². The van der Waals surface area contributed by atoms with Crippen molar-refractivity contribution in [2.24, 2.45) is 0 Å². The maximum absolute atomic E-state index is 3.65. The third-order valence-corrected chi connectivity index (χ3v) is 3.83. The summed E-state index contributed by atoms with van der Waals surface area (Å²) in [5.74, 6) is 0. The Balaban J connectivity index is 1.69. The predicted octanol–water partition coefficient (Wildman–Crippen LogP) is 2.39. The Morgan fingerprint density at radius 1 is 1.20 bits per heavy atom. The normalized spacial score (nSPS) is 27.6. The average molecular weight is 210 g/mol. The molecule has 0 spiro atoms. The number of rotatable bonds is 5. The Hall–Kier alpha value is -0.0800. The van der Waals surface area contributed by atoms with Gasteiger partial charge in [0.25, 0.3) is 0 Å². The highest BCUT2D eigenvalue weighted by Crippen LogP contribution is 2.29. The lowest BCUT2D eigenvalue weighted by atomic mass is 10.0. The Labute approximate surface area is 94.4 Å². The largest absolute Gasteiger partial charge is 0.314 e. The first kappa shape index (κ1) is 11.4. The van der Waals surface area contributed by atoms with Crippen LogP contribution in [0, 0.1) is 0 Å². The van der Waals surface area contributed by atoms with Crippen molar-refractivity contribution >= 4 is 0 Å². The van der Waals surface area contributed by atoms with E-state index in [1.807, 2.05) is 0 Å². The summed E-state index contributed by atoms with van der Waals surface area (Å²) < 4.78 is 0. The van der Waals surface area contributed by atoms with Crippen molar-refractivity contribution < 1.29 is 0 Å². The van der Waals surface area contributed by atoms with Gasteiger partial charge < -0.3 is 5.32 Å². The van der Waals surface area contributed by atoms with Crippen molar-refractivity contribution in [1.29, 1.82) is 0 Å². The molecule has 1 unspecified atom stereocenters. The van der Waals surface area contributed by atoms with Crippen LogP contribution in [0.15, 0.2) is 0 Å². The maximum Gasteiger partial charge on any atom is 0.00991 e. The van der Waals surface area contributed by atoms with Crippen LogP contribution in [0.4, 0.5) is 0 Å². The van der Waals surface area contributed by atoms with E-state index in [2.05, 4.69) is 24.1 Å². The number of piperidine rings is 1. The van der Waals surface area contributed by atoms with Crippen LogP contribution in [0.3, 0.4) is 0 Å². The van der Waals surface area contributed by atoms with Crippen molar-refractivity contribution in [2.75, 3.05) is 13.1 Å². The van der Waals surface area contributed by atoms with Gasteiger partial charge in [0.1, 0.15) is 0 Å². The minimum Gasteiger partial charge on any atom is -0.314 e. The first-order chi connectivity index (χ1) is 7.27. The van der Waals surface area contributed by atoms with Gasteiger partial charge in [0.05, 0.1) is 0 Å². The van der Waals surface area contributed by atoms with E-state index in [0.717, 1.165) is 18.1 Å². The maximum atomic E-state index is 3.65. The minimum atomic E-state index is 0.737. The highest BCUT2D eigenvalue weighted by molar-refractivity contribution is 4.87. The van der Waals surface area contributed by atoms with Crippen LogP contribution >= 0.6 is 0 Å². The van der Waals surface area contributed by atoms with Gasteiger partial charge in [-0.3, -0.25) is 4.90 Å². The zero-order chi connectivity index (χ0) is 10.7. The molecule has 0 radical (unpaired) electrons. The summed E-state index contributed by atoms with van der Waals surface area (Å²) >= 11 is 0. The fourth-order valence-corrected chi connectivity index (χ4v) is 2.74. The highest BCUT2D eigenvalue weighted by Gasteiger charge is 2.30. The van der Waals surface area contributed by atoms with Gasteiger partial charge in [-0.15, -0.1) is 0 Å². The van der Waals surface area contributed by atoms with E-state index in [1.54, 1.807) is 0 Å². The van der Waals surface area contributed by atoms with Crippen LogP contribution in [0.25, 0.3) is 0 Å². The zero-order valence-electron chi connectivity index (χ0n) is 10.3.